The summed E-state index contributed by atoms with van der Waals surface area (Å²) < 4.78 is 5.56. The molecule has 0 saturated carbocycles. The molecular weight excluding hydrogens is 274 g/mol. The van der Waals surface area contributed by atoms with Crippen LogP contribution in [0.25, 0.3) is 0 Å². The van der Waals surface area contributed by atoms with Gasteiger partial charge in [0.05, 0.1) is 17.7 Å². The fourth-order valence-corrected chi connectivity index (χ4v) is 1.92. The first-order valence-corrected chi connectivity index (χ1v) is 7.60. The molecule has 1 aromatic heterocycles. The Morgan fingerprint density at radius 1 is 1.45 bits per heavy atom. The molecule has 1 rings (SSSR count). The fourth-order valence-electron chi connectivity index (χ4n) is 1.75. The van der Waals surface area contributed by atoms with Gasteiger partial charge in [0.15, 0.2) is 0 Å². The molecule has 1 aromatic rings. The van der Waals surface area contributed by atoms with Crippen molar-refractivity contribution in [2.75, 3.05) is 31.6 Å². The molecule has 0 aliphatic carbocycles. The second-order valence-electron chi connectivity index (χ2n) is 5.15. The van der Waals surface area contributed by atoms with E-state index in [1.807, 2.05) is 27.0 Å². The van der Waals surface area contributed by atoms with Crippen molar-refractivity contribution in [2.24, 2.45) is 0 Å². The van der Waals surface area contributed by atoms with Gasteiger partial charge in [-0.2, -0.15) is 0 Å². The summed E-state index contributed by atoms with van der Waals surface area (Å²) in [4.78, 5) is 6.46. The number of hydrogen-bond donors (Lipinski definition) is 1. The number of hydrogen-bond acceptors (Lipinski definition) is 4. The van der Waals surface area contributed by atoms with Gasteiger partial charge in [-0.1, -0.05) is 18.5 Å². The van der Waals surface area contributed by atoms with Crippen molar-refractivity contribution in [2.45, 2.75) is 39.8 Å². The van der Waals surface area contributed by atoms with Crippen molar-refractivity contribution in [3.8, 4) is 0 Å². The molecular formula is C15H26ClN3O. The van der Waals surface area contributed by atoms with Gasteiger partial charge in [-0.25, -0.2) is 4.98 Å². The minimum atomic E-state index is 0.260. The van der Waals surface area contributed by atoms with Crippen molar-refractivity contribution >= 4 is 17.4 Å². The Hall–Kier alpha value is -0.840. The second-order valence-corrected chi connectivity index (χ2v) is 5.56. The molecule has 0 fully saturated rings. The summed E-state index contributed by atoms with van der Waals surface area (Å²) in [7, 11) is 2.02. The first kappa shape index (κ1) is 17.2. The Balaban J connectivity index is 2.58. The quantitative estimate of drug-likeness (QED) is 0.711. The standard InChI is InChI=1S/C15H26ClN3O/c1-5-6-17-10-13-9-15(18-11-14(13)16)19(4)7-8-20-12(2)3/h9,11-12,17H,5-8,10H2,1-4H3. The van der Waals surface area contributed by atoms with Crippen molar-refractivity contribution in [3.63, 3.8) is 0 Å². The first-order chi connectivity index (χ1) is 9.54. The van der Waals surface area contributed by atoms with Crippen LogP contribution in [0.3, 0.4) is 0 Å². The predicted molar refractivity (Wildman–Crippen MR) is 85.6 cm³/mol. The molecule has 1 heterocycles. The van der Waals surface area contributed by atoms with Crippen LogP contribution in [0, 0.1) is 0 Å². The van der Waals surface area contributed by atoms with E-state index in [-0.39, 0.29) is 6.10 Å². The smallest absolute Gasteiger partial charge is 0.128 e. The Morgan fingerprint density at radius 3 is 2.85 bits per heavy atom. The van der Waals surface area contributed by atoms with Gasteiger partial charge in [0.1, 0.15) is 5.82 Å². The molecule has 0 unspecified atom stereocenters. The van der Waals surface area contributed by atoms with Gasteiger partial charge in [0, 0.05) is 26.3 Å². The number of ether oxygens (including phenoxy) is 1. The summed E-state index contributed by atoms with van der Waals surface area (Å²) >= 11 is 6.18. The number of aromatic nitrogens is 1. The predicted octanol–water partition coefficient (Wildman–Crippen LogP) is 3.10. The summed E-state index contributed by atoms with van der Waals surface area (Å²) in [6.45, 7) is 9.51. The number of likely N-dealkylation sites (N-methyl/N-ethyl adjacent to an activating group) is 1. The van der Waals surface area contributed by atoms with Crippen LogP contribution in [0.2, 0.25) is 5.02 Å². The molecule has 0 radical (unpaired) electrons. The molecule has 0 aliphatic rings. The highest BCUT2D eigenvalue weighted by Crippen LogP contribution is 2.19. The molecule has 0 saturated heterocycles. The van der Waals surface area contributed by atoms with Crippen LogP contribution in [-0.4, -0.2) is 37.8 Å². The molecule has 20 heavy (non-hydrogen) atoms. The third-order valence-electron chi connectivity index (χ3n) is 2.93. The normalized spacial score (nSPS) is 11.1. The van der Waals surface area contributed by atoms with Crippen LogP contribution in [0.1, 0.15) is 32.8 Å². The van der Waals surface area contributed by atoms with E-state index >= 15 is 0 Å². The van der Waals surface area contributed by atoms with E-state index in [1.165, 1.54) is 0 Å². The van der Waals surface area contributed by atoms with Gasteiger partial charge in [-0.3, -0.25) is 0 Å². The zero-order valence-corrected chi connectivity index (χ0v) is 13.7. The molecule has 1 N–H and O–H groups in total. The number of anilines is 1. The van der Waals surface area contributed by atoms with E-state index in [1.54, 1.807) is 6.20 Å². The largest absolute Gasteiger partial charge is 0.377 e. The number of nitrogens with zero attached hydrogens (tertiary/aromatic N) is 2. The Labute approximate surface area is 127 Å². The molecule has 0 atom stereocenters. The van der Waals surface area contributed by atoms with Crippen LogP contribution in [0.15, 0.2) is 12.3 Å². The highest BCUT2D eigenvalue weighted by molar-refractivity contribution is 6.31. The van der Waals surface area contributed by atoms with Crippen molar-refractivity contribution in [3.05, 3.63) is 22.8 Å². The molecule has 114 valence electrons. The maximum atomic E-state index is 6.18. The SMILES string of the molecule is CCCNCc1cc(N(C)CCOC(C)C)ncc1Cl. The first-order valence-electron chi connectivity index (χ1n) is 7.22. The van der Waals surface area contributed by atoms with E-state index in [0.717, 1.165) is 37.4 Å². The minimum Gasteiger partial charge on any atom is -0.377 e. The van der Waals surface area contributed by atoms with Crippen molar-refractivity contribution in [1.29, 1.82) is 0 Å². The maximum Gasteiger partial charge on any atom is 0.128 e. The number of rotatable bonds is 9. The van der Waals surface area contributed by atoms with Gasteiger partial charge in [0.25, 0.3) is 0 Å². The van der Waals surface area contributed by atoms with Crippen LogP contribution in [0.4, 0.5) is 5.82 Å². The Morgan fingerprint density at radius 2 is 2.20 bits per heavy atom. The average Bonchev–Trinajstić information content (AvgIpc) is 2.40. The molecule has 5 heteroatoms. The number of pyridine rings is 1. The zero-order valence-electron chi connectivity index (χ0n) is 12.9. The van der Waals surface area contributed by atoms with Gasteiger partial charge in [-0.15, -0.1) is 0 Å². The molecule has 0 bridgehead atoms. The van der Waals surface area contributed by atoms with Gasteiger partial charge >= 0.3 is 0 Å². The lowest BCUT2D eigenvalue weighted by atomic mass is 10.2. The minimum absolute atomic E-state index is 0.260. The third kappa shape index (κ3) is 6.07. The van der Waals surface area contributed by atoms with E-state index in [9.17, 15) is 0 Å². The second kappa shape index (κ2) is 9.16. The zero-order chi connectivity index (χ0) is 15.0. The van der Waals surface area contributed by atoms with E-state index < -0.39 is 0 Å². The van der Waals surface area contributed by atoms with Gasteiger partial charge in [0.2, 0.25) is 0 Å². The molecule has 0 aromatic carbocycles. The topological polar surface area (TPSA) is 37.4 Å². The molecule has 0 spiro atoms. The summed E-state index contributed by atoms with van der Waals surface area (Å²) in [5.74, 6) is 0.926. The van der Waals surface area contributed by atoms with Crippen LogP contribution in [-0.2, 0) is 11.3 Å². The van der Waals surface area contributed by atoms with Crippen LogP contribution >= 0.6 is 11.6 Å². The lowest BCUT2D eigenvalue weighted by Gasteiger charge is -2.20. The highest BCUT2D eigenvalue weighted by Gasteiger charge is 2.07. The van der Waals surface area contributed by atoms with Crippen molar-refractivity contribution in [1.82, 2.24) is 10.3 Å². The lowest BCUT2D eigenvalue weighted by Crippen LogP contribution is -2.25. The molecule has 0 amide bonds. The van der Waals surface area contributed by atoms with Crippen LogP contribution < -0.4 is 10.2 Å². The van der Waals surface area contributed by atoms with E-state index in [0.29, 0.717) is 11.6 Å². The highest BCUT2D eigenvalue weighted by atomic mass is 35.5. The lowest BCUT2D eigenvalue weighted by molar-refractivity contribution is 0.0845. The molecule has 0 aliphatic heterocycles. The van der Waals surface area contributed by atoms with Gasteiger partial charge < -0.3 is 15.0 Å². The summed E-state index contributed by atoms with van der Waals surface area (Å²) in [5.41, 5.74) is 1.08. The molecule has 4 nitrogen and oxygen atoms in total. The number of nitrogens with one attached hydrogen (secondary N) is 1. The summed E-state index contributed by atoms with van der Waals surface area (Å²) in [6.07, 6.45) is 3.09. The Bertz CT molecular complexity index is 399. The van der Waals surface area contributed by atoms with Crippen LogP contribution in [0.5, 0.6) is 0 Å². The summed E-state index contributed by atoms with van der Waals surface area (Å²) in [5, 5.41) is 4.07. The fraction of sp³-hybridized carbons (Fsp3) is 0.667. The summed E-state index contributed by atoms with van der Waals surface area (Å²) in [6, 6.07) is 2.04. The average molecular weight is 300 g/mol. The number of halogens is 1. The van der Waals surface area contributed by atoms with E-state index in [4.69, 9.17) is 16.3 Å². The maximum absolute atomic E-state index is 6.18. The third-order valence-corrected chi connectivity index (χ3v) is 3.27. The Kier molecular flexibility index (Phi) is 7.88. The van der Waals surface area contributed by atoms with Gasteiger partial charge in [-0.05, 0) is 38.4 Å². The van der Waals surface area contributed by atoms with Crippen molar-refractivity contribution < 1.29 is 4.74 Å². The monoisotopic (exact) mass is 299 g/mol. The van der Waals surface area contributed by atoms with E-state index in [2.05, 4.69) is 22.1 Å².